The predicted molar refractivity (Wildman–Crippen MR) is 114 cm³/mol. The average molecular weight is 512 g/mol. The van der Waals surface area contributed by atoms with Gasteiger partial charge in [-0.2, -0.15) is 0 Å². The maximum atomic E-state index is 12.2. The number of carbonyl (C=O) groups is 2. The number of hydrogen-bond donors (Lipinski definition) is 0. The van der Waals surface area contributed by atoms with Crippen LogP contribution in [0, 0.1) is 3.57 Å². The van der Waals surface area contributed by atoms with Gasteiger partial charge in [-0.1, -0.05) is 17.7 Å². The number of rotatable bonds is 5. The van der Waals surface area contributed by atoms with Crippen LogP contribution >= 0.6 is 34.2 Å². The number of halogens is 2. The maximum Gasteiger partial charge on any atom is 0.363 e. The summed E-state index contributed by atoms with van der Waals surface area (Å²) in [5.74, 6) is -0.174. The van der Waals surface area contributed by atoms with E-state index < -0.39 is 11.9 Å². The smallest absolute Gasteiger partial charge is 0.363 e. The number of esters is 2. The normalized spacial score (nSPS) is 14.6. The van der Waals surface area contributed by atoms with E-state index in [4.69, 9.17) is 25.8 Å². The first kappa shape index (κ1) is 20.3. The van der Waals surface area contributed by atoms with Gasteiger partial charge in [-0.05, 0) is 71.5 Å². The summed E-state index contributed by atoms with van der Waals surface area (Å²) in [4.78, 5) is 27.7. The van der Waals surface area contributed by atoms with Crippen molar-refractivity contribution < 1.29 is 23.8 Å². The van der Waals surface area contributed by atoms with Crippen molar-refractivity contribution in [2.75, 3.05) is 6.61 Å². The fourth-order valence-electron chi connectivity index (χ4n) is 2.47. The quantitative estimate of drug-likeness (QED) is 0.254. The summed E-state index contributed by atoms with van der Waals surface area (Å²) in [7, 11) is 0. The molecule has 0 bridgehead atoms. The van der Waals surface area contributed by atoms with Crippen LogP contribution in [-0.2, 0) is 14.3 Å². The van der Waals surface area contributed by atoms with Gasteiger partial charge in [0.25, 0.3) is 0 Å². The van der Waals surface area contributed by atoms with Crippen molar-refractivity contribution in [3.8, 4) is 11.5 Å². The molecule has 0 atom stereocenters. The van der Waals surface area contributed by atoms with Gasteiger partial charge >= 0.3 is 11.9 Å². The molecule has 0 N–H and O–H groups in total. The van der Waals surface area contributed by atoms with Gasteiger partial charge in [-0.3, -0.25) is 4.79 Å². The molecule has 0 fully saturated rings. The largest absolute Gasteiger partial charge is 0.490 e. The molecule has 2 aromatic carbocycles. The first-order valence-corrected chi connectivity index (χ1v) is 9.76. The maximum absolute atomic E-state index is 12.2. The van der Waals surface area contributed by atoms with Crippen LogP contribution in [0.15, 0.2) is 47.1 Å². The molecule has 2 aromatic rings. The third-order valence-electron chi connectivity index (χ3n) is 3.60. The molecule has 3 rings (SSSR count). The van der Waals surface area contributed by atoms with E-state index in [2.05, 4.69) is 27.6 Å². The van der Waals surface area contributed by atoms with Crippen molar-refractivity contribution >= 4 is 58.1 Å². The summed E-state index contributed by atoms with van der Waals surface area (Å²) < 4.78 is 16.9. The molecule has 1 aliphatic rings. The number of hydrogen-bond acceptors (Lipinski definition) is 6. The number of nitrogens with zero attached hydrogens (tertiary/aromatic N) is 1. The van der Waals surface area contributed by atoms with Crippen molar-refractivity contribution in [3.05, 3.63) is 61.8 Å². The third-order valence-corrected chi connectivity index (χ3v) is 4.60. The Morgan fingerprint density at radius 2 is 2.04 bits per heavy atom. The van der Waals surface area contributed by atoms with Crippen LogP contribution in [0.4, 0.5) is 0 Å². The van der Waals surface area contributed by atoms with E-state index in [1.807, 2.05) is 13.0 Å². The van der Waals surface area contributed by atoms with Gasteiger partial charge in [0.15, 0.2) is 17.2 Å². The van der Waals surface area contributed by atoms with Gasteiger partial charge in [0, 0.05) is 10.5 Å². The fraction of sp³-hybridized carbons (Fsp3) is 0.150. The molecule has 0 unspecified atom stereocenters. The molecular weight excluding hydrogens is 497 g/mol. The van der Waals surface area contributed by atoms with Crippen LogP contribution in [0.25, 0.3) is 6.08 Å². The summed E-state index contributed by atoms with van der Waals surface area (Å²) in [6.45, 7) is 3.52. The van der Waals surface area contributed by atoms with Crippen molar-refractivity contribution in [2.24, 2.45) is 4.99 Å². The van der Waals surface area contributed by atoms with Crippen LogP contribution in [0.5, 0.6) is 11.5 Å². The Balaban J connectivity index is 1.95. The molecule has 0 saturated carbocycles. The van der Waals surface area contributed by atoms with E-state index in [1.54, 1.807) is 36.4 Å². The lowest BCUT2D eigenvalue weighted by Crippen LogP contribution is -2.06. The Labute approximate surface area is 180 Å². The molecule has 0 aromatic heterocycles. The minimum Gasteiger partial charge on any atom is -0.490 e. The molecule has 0 saturated heterocycles. The standard InChI is InChI=1S/C20H15ClINO5/c1-3-26-18-9-12(4-7-17(18)27-11(2)24)8-16-20(25)28-19(23-16)14-10-13(22)5-6-15(14)21/h4-10H,3H2,1-2H3. The minimum absolute atomic E-state index is 0.132. The second-order valence-electron chi connectivity index (χ2n) is 5.69. The zero-order chi connectivity index (χ0) is 20.3. The van der Waals surface area contributed by atoms with Crippen molar-refractivity contribution in [2.45, 2.75) is 13.8 Å². The topological polar surface area (TPSA) is 74.2 Å². The van der Waals surface area contributed by atoms with Crippen molar-refractivity contribution in [1.29, 1.82) is 0 Å². The van der Waals surface area contributed by atoms with E-state index in [0.29, 0.717) is 34.3 Å². The van der Waals surface area contributed by atoms with Gasteiger partial charge < -0.3 is 14.2 Å². The molecule has 0 spiro atoms. The van der Waals surface area contributed by atoms with Gasteiger partial charge in [0.05, 0.1) is 17.2 Å². The molecule has 0 radical (unpaired) electrons. The summed E-state index contributed by atoms with van der Waals surface area (Å²) >= 11 is 8.34. The zero-order valence-corrected chi connectivity index (χ0v) is 17.9. The highest BCUT2D eigenvalue weighted by atomic mass is 127. The van der Waals surface area contributed by atoms with Crippen molar-refractivity contribution in [1.82, 2.24) is 0 Å². The Kier molecular flexibility index (Phi) is 6.35. The van der Waals surface area contributed by atoms with Crippen LogP contribution in [0.2, 0.25) is 5.02 Å². The minimum atomic E-state index is -0.577. The number of benzene rings is 2. The highest BCUT2D eigenvalue weighted by Crippen LogP contribution is 2.31. The monoisotopic (exact) mass is 511 g/mol. The predicted octanol–water partition coefficient (Wildman–Crippen LogP) is 4.61. The van der Waals surface area contributed by atoms with Gasteiger partial charge in [0.1, 0.15) is 0 Å². The molecule has 1 aliphatic heterocycles. The van der Waals surface area contributed by atoms with Crippen molar-refractivity contribution in [3.63, 3.8) is 0 Å². The van der Waals surface area contributed by atoms with Crippen LogP contribution in [-0.4, -0.2) is 24.4 Å². The first-order chi connectivity index (χ1) is 13.4. The summed E-state index contributed by atoms with van der Waals surface area (Å²) in [5, 5.41) is 0.442. The van der Waals surface area contributed by atoms with Gasteiger partial charge in [-0.25, -0.2) is 9.79 Å². The lowest BCUT2D eigenvalue weighted by Gasteiger charge is -2.10. The SMILES string of the molecule is CCOc1cc(C=C2N=C(c3cc(I)ccc3Cl)OC2=O)ccc1OC(C)=O. The molecule has 144 valence electrons. The molecule has 28 heavy (non-hydrogen) atoms. The van der Waals surface area contributed by atoms with Crippen LogP contribution in [0.3, 0.4) is 0 Å². The van der Waals surface area contributed by atoms with Crippen LogP contribution < -0.4 is 9.47 Å². The zero-order valence-electron chi connectivity index (χ0n) is 15.0. The van der Waals surface area contributed by atoms with Gasteiger partial charge in [-0.15, -0.1) is 0 Å². The molecule has 0 aliphatic carbocycles. The second kappa shape index (κ2) is 8.74. The summed E-state index contributed by atoms with van der Waals surface area (Å²) in [6, 6.07) is 10.3. The summed E-state index contributed by atoms with van der Waals surface area (Å²) in [6.07, 6.45) is 1.57. The van der Waals surface area contributed by atoms with Gasteiger partial charge in [0.2, 0.25) is 5.90 Å². The third kappa shape index (κ3) is 4.71. The molecule has 8 heteroatoms. The highest BCUT2D eigenvalue weighted by Gasteiger charge is 2.26. The van der Waals surface area contributed by atoms with E-state index in [1.165, 1.54) is 6.92 Å². The Hall–Kier alpha value is -2.39. The van der Waals surface area contributed by atoms with Crippen LogP contribution in [0.1, 0.15) is 25.0 Å². The summed E-state index contributed by atoms with van der Waals surface area (Å²) in [5.41, 5.74) is 1.32. The van der Waals surface area contributed by atoms with E-state index in [-0.39, 0.29) is 11.6 Å². The Morgan fingerprint density at radius 1 is 1.25 bits per heavy atom. The van der Waals surface area contributed by atoms with E-state index in [9.17, 15) is 9.59 Å². The molecular formula is C20H15ClINO5. The number of carbonyl (C=O) groups excluding carboxylic acids is 2. The molecule has 6 nitrogen and oxygen atoms in total. The lowest BCUT2D eigenvalue weighted by molar-refractivity contribution is -0.132. The Morgan fingerprint density at radius 3 is 2.75 bits per heavy atom. The first-order valence-electron chi connectivity index (χ1n) is 8.30. The number of cyclic esters (lactones) is 1. The molecule has 0 amide bonds. The lowest BCUT2D eigenvalue weighted by atomic mass is 10.1. The second-order valence-corrected chi connectivity index (χ2v) is 7.35. The number of aliphatic imine (C=N–C) groups is 1. The molecule has 1 heterocycles. The number of ether oxygens (including phenoxy) is 3. The average Bonchev–Trinajstić information content (AvgIpc) is 2.99. The Bertz CT molecular complexity index is 1020. The fourth-order valence-corrected chi connectivity index (χ4v) is 3.16. The van der Waals surface area contributed by atoms with E-state index >= 15 is 0 Å². The highest BCUT2D eigenvalue weighted by molar-refractivity contribution is 14.1. The van der Waals surface area contributed by atoms with E-state index in [0.717, 1.165) is 3.57 Å².